The maximum atomic E-state index is 13.2. The molecule has 2 aromatic rings. The molecule has 0 N–H and O–H groups in total. The molecule has 4 nitrogen and oxygen atoms in total. The molecule has 0 aliphatic rings. The Balaban J connectivity index is 1.97. The number of anilines is 1. The van der Waals surface area contributed by atoms with Gasteiger partial charge in [0.1, 0.15) is 5.82 Å². The second-order valence-corrected chi connectivity index (χ2v) is 5.65. The summed E-state index contributed by atoms with van der Waals surface area (Å²) in [7, 11) is 1.83. The van der Waals surface area contributed by atoms with Crippen molar-refractivity contribution in [2.45, 2.75) is 26.7 Å². The topological polar surface area (TPSA) is 38.1 Å². The average molecular weight is 303 g/mol. The third-order valence-corrected chi connectivity index (χ3v) is 3.62. The highest BCUT2D eigenvalue weighted by atomic mass is 19.1. The second kappa shape index (κ2) is 7.20. The molecule has 5 heteroatoms. The van der Waals surface area contributed by atoms with Gasteiger partial charge in [-0.25, -0.2) is 4.39 Å². The third-order valence-electron chi connectivity index (χ3n) is 3.62. The summed E-state index contributed by atoms with van der Waals surface area (Å²) in [5, 5.41) is 4.11. The van der Waals surface area contributed by atoms with Crippen molar-refractivity contribution in [2.75, 3.05) is 11.4 Å². The Bertz CT molecular complexity index is 638. The van der Waals surface area contributed by atoms with Crippen LogP contribution in [0.1, 0.15) is 25.8 Å². The monoisotopic (exact) mass is 303 g/mol. The van der Waals surface area contributed by atoms with E-state index in [0.29, 0.717) is 19.4 Å². The number of carbonyl (C=O) groups excluding carboxylic acids is 1. The van der Waals surface area contributed by atoms with Crippen molar-refractivity contribution in [3.05, 3.63) is 48.0 Å². The first-order chi connectivity index (χ1) is 10.5. The van der Waals surface area contributed by atoms with Gasteiger partial charge >= 0.3 is 0 Å². The highest BCUT2D eigenvalue weighted by Crippen LogP contribution is 2.18. The van der Waals surface area contributed by atoms with Crippen LogP contribution in [-0.2, 0) is 18.3 Å². The number of benzene rings is 1. The number of aryl methyl sites for hydroxylation is 1. The van der Waals surface area contributed by atoms with Gasteiger partial charge in [-0.3, -0.25) is 9.48 Å². The summed E-state index contributed by atoms with van der Waals surface area (Å²) in [5.74, 6) is -0.0130. The molecule has 0 radical (unpaired) electrons. The van der Waals surface area contributed by atoms with Crippen molar-refractivity contribution in [3.8, 4) is 0 Å². The van der Waals surface area contributed by atoms with Crippen molar-refractivity contribution in [2.24, 2.45) is 13.0 Å². The minimum atomic E-state index is -0.235. The van der Waals surface area contributed by atoms with Crippen LogP contribution in [0.3, 0.4) is 0 Å². The lowest BCUT2D eigenvalue weighted by molar-refractivity contribution is -0.119. The summed E-state index contributed by atoms with van der Waals surface area (Å²) in [4.78, 5) is 14.2. The molecule has 22 heavy (non-hydrogen) atoms. The number of rotatable bonds is 6. The Morgan fingerprint density at radius 1 is 1.45 bits per heavy atom. The fourth-order valence-corrected chi connectivity index (χ4v) is 2.60. The first-order valence-corrected chi connectivity index (χ1v) is 7.53. The molecule has 0 saturated heterocycles. The van der Waals surface area contributed by atoms with Crippen LogP contribution in [0, 0.1) is 11.7 Å². The molecular formula is C17H22FN3O. The molecule has 118 valence electrons. The first kappa shape index (κ1) is 16.2. The second-order valence-electron chi connectivity index (χ2n) is 5.65. The molecule has 0 spiro atoms. The van der Waals surface area contributed by atoms with E-state index in [2.05, 4.69) is 5.10 Å². The zero-order valence-corrected chi connectivity index (χ0v) is 13.3. The van der Waals surface area contributed by atoms with Crippen LogP contribution in [0.15, 0.2) is 36.7 Å². The van der Waals surface area contributed by atoms with Gasteiger partial charge in [-0.15, -0.1) is 0 Å². The van der Waals surface area contributed by atoms with Gasteiger partial charge in [-0.2, -0.15) is 5.10 Å². The van der Waals surface area contributed by atoms with E-state index in [1.54, 1.807) is 21.8 Å². The number of aromatic nitrogens is 2. The van der Waals surface area contributed by atoms with Crippen molar-refractivity contribution in [1.29, 1.82) is 0 Å². The summed E-state index contributed by atoms with van der Waals surface area (Å²) < 4.78 is 14.9. The van der Waals surface area contributed by atoms with E-state index in [-0.39, 0.29) is 17.6 Å². The highest BCUT2D eigenvalue weighted by molar-refractivity contribution is 5.93. The van der Waals surface area contributed by atoms with Crippen LogP contribution in [-0.4, -0.2) is 22.2 Å². The van der Waals surface area contributed by atoms with Crippen LogP contribution in [0.2, 0.25) is 0 Å². The standard InChI is InChI=1S/C17H22FN3O/c1-4-21(16-11-19-20(3)12-16)17(22)9-13(2)8-14-6-5-7-15(18)10-14/h5-7,10-13H,4,8-9H2,1-3H3. The molecule has 0 fully saturated rings. The van der Waals surface area contributed by atoms with Crippen molar-refractivity contribution in [1.82, 2.24) is 9.78 Å². The maximum Gasteiger partial charge on any atom is 0.227 e. The van der Waals surface area contributed by atoms with E-state index < -0.39 is 0 Å². The van der Waals surface area contributed by atoms with Crippen LogP contribution >= 0.6 is 0 Å². The molecule has 1 aromatic heterocycles. The minimum Gasteiger partial charge on any atom is -0.310 e. The number of halogens is 1. The van der Waals surface area contributed by atoms with Crippen molar-refractivity contribution >= 4 is 11.6 Å². The van der Waals surface area contributed by atoms with Crippen LogP contribution in [0.25, 0.3) is 0 Å². The Morgan fingerprint density at radius 3 is 2.82 bits per heavy atom. The normalized spacial score (nSPS) is 12.2. The Hall–Kier alpha value is -2.17. The van der Waals surface area contributed by atoms with Gasteiger partial charge in [0.15, 0.2) is 0 Å². The molecule has 1 aromatic carbocycles. The fourth-order valence-electron chi connectivity index (χ4n) is 2.60. The Kier molecular flexibility index (Phi) is 5.31. The summed E-state index contributed by atoms with van der Waals surface area (Å²) in [6.45, 7) is 4.57. The molecule has 1 atom stereocenters. The first-order valence-electron chi connectivity index (χ1n) is 7.53. The zero-order chi connectivity index (χ0) is 16.1. The molecule has 0 aliphatic heterocycles. The predicted octanol–water partition coefficient (Wildman–Crippen LogP) is 3.18. The largest absolute Gasteiger partial charge is 0.310 e. The Morgan fingerprint density at radius 2 is 2.23 bits per heavy atom. The smallest absolute Gasteiger partial charge is 0.227 e. The average Bonchev–Trinajstić information content (AvgIpc) is 2.85. The van der Waals surface area contributed by atoms with Gasteiger partial charge < -0.3 is 4.90 Å². The lowest BCUT2D eigenvalue weighted by Gasteiger charge is -2.21. The van der Waals surface area contributed by atoms with Gasteiger partial charge in [0.05, 0.1) is 11.9 Å². The summed E-state index contributed by atoms with van der Waals surface area (Å²) in [6.07, 6.45) is 4.64. The van der Waals surface area contributed by atoms with Gasteiger partial charge in [0.25, 0.3) is 0 Å². The quantitative estimate of drug-likeness (QED) is 0.822. The van der Waals surface area contributed by atoms with Gasteiger partial charge in [0.2, 0.25) is 5.91 Å². The van der Waals surface area contributed by atoms with Crippen molar-refractivity contribution < 1.29 is 9.18 Å². The van der Waals surface area contributed by atoms with Crippen LogP contribution in [0.5, 0.6) is 0 Å². The van der Waals surface area contributed by atoms with E-state index in [0.717, 1.165) is 11.3 Å². The number of amides is 1. The van der Waals surface area contributed by atoms with E-state index in [1.165, 1.54) is 12.1 Å². The highest BCUT2D eigenvalue weighted by Gasteiger charge is 2.18. The Labute approximate surface area is 130 Å². The number of nitrogens with zero attached hydrogens (tertiary/aromatic N) is 3. The fraction of sp³-hybridized carbons (Fsp3) is 0.412. The predicted molar refractivity (Wildman–Crippen MR) is 85.1 cm³/mol. The third kappa shape index (κ3) is 4.16. The molecule has 2 rings (SSSR count). The summed E-state index contributed by atoms with van der Waals surface area (Å²) >= 11 is 0. The summed E-state index contributed by atoms with van der Waals surface area (Å²) in [5.41, 5.74) is 1.73. The van der Waals surface area contributed by atoms with Gasteiger partial charge in [-0.1, -0.05) is 19.1 Å². The van der Waals surface area contributed by atoms with Crippen LogP contribution < -0.4 is 4.90 Å². The van der Waals surface area contributed by atoms with E-state index in [4.69, 9.17) is 0 Å². The van der Waals surface area contributed by atoms with Crippen LogP contribution in [0.4, 0.5) is 10.1 Å². The molecular weight excluding hydrogens is 281 g/mol. The zero-order valence-electron chi connectivity index (χ0n) is 13.3. The number of hydrogen-bond donors (Lipinski definition) is 0. The minimum absolute atomic E-state index is 0.0689. The molecule has 1 amide bonds. The van der Waals surface area contributed by atoms with Gasteiger partial charge in [-0.05, 0) is 37.0 Å². The van der Waals surface area contributed by atoms with Crippen molar-refractivity contribution in [3.63, 3.8) is 0 Å². The summed E-state index contributed by atoms with van der Waals surface area (Å²) in [6, 6.07) is 6.55. The molecule has 0 saturated carbocycles. The SMILES string of the molecule is CCN(C(=O)CC(C)Cc1cccc(F)c1)c1cnn(C)c1. The molecule has 0 bridgehead atoms. The lowest BCUT2D eigenvalue weighted by atomic mass is 9.97. The van der Waals surface area contributed by atoms with E-state index in [1.807, 2.05) is 33.2 Å². The lowest BCUT2D eigenvalue weighted by Crippen LogP contribution is -2.31. The van der Waals surface area contributed by atoms with Gasteiger partial charge in [0, 0.05) is 26.2 Å². The maximum absolute atomic E-state index is 13.2. The number of carbonyl (C=O) groups is 1. The molecule has 0 aliphatic carbocycles. The molecule has 1 heterocycles. The number of hydrogen-bond acceptors (Lipinski definition) is 2. The molecule has 1 unspecified atom stereocenters. The van der Waals surface area contributed by atoms with E-state index in [9.17, 15) is 9.18 Å². The van der Waals surface area contributed by atoms with E-state index >= 15 is 0 Å².